The van der Waals surface area contributed by atoms with Crippen LogP contribution in [0.2, 0.25) is 0 Å². The van der Waals surface area contributed by atoms with Gasteiger partial charge in [-0.05, 0) is 19.3 Å². The van der Waals surface area contributed by atoms with Gasteiger partial charge in [0.25, 0.3) is 0 Å². The molecule has 1 aromatic rings. The first-order valence-electron chi connectivity index (χ1n) is 6.58. The molecule has 5 nitrogen and oxygen atoms in total. The van der Waals surface area contributed by atoms with Crippen LogP contribution < -0.4 is 10.2 Å². The van der Waals surface area contributed by atoms with Crippen molar-refractivity contribution >= 4 is 11.8 Å². The first kappa shape index (κ1) is 12.1. The molecule has 0 aromatic carbocycles. The lowest BCUT2D eigenvalue weighted by atomic mass is 10.2. The molecule has 0 saturated carbocycles. The second kappa shape index (κ2) is 6.37. The second-order valence-corrected chi connectivity index (χ2v) is 4.47. The highest BCUT2D eigenvalue weighted by atomic mass is 15.3. The molecule has 0 unspecified atom stereocenters. The molecular weight excluding hydrogens is 214 g/mol. The van der Waals surface area contributed by atoms with E-state index in [0.29, 0.717) is 0 Å². The van der Waals surface area contributed by atoms with Crippen LogP contribution in [0.3, 0.4) is 0 Å². The summed E-state index contributed by atoms with van der Waals surface area (Å²) in [5.74, 6) is 1.61. The van der Waals surface area contributed by atoms with Gasteiger partial charge in [-0.15, -0.1) is 5.10 Å². The number of nitrogens with one attached hydrogen (secondary N) is 1. The number of anilines is 2. The summed E-state index contributed by atoms with van der Waals surface area (Å²) in [6.07, 6.45) is 7.84. The molecule has 0 aliphatic carbocycles. The van der Waals surface area contributed by atoms with Gasteiger partial charge < -0.3 is 10.2 Å². The van der Waals surface area contributed by atoms with Crippen molar-refractivity contribution in [3.63, 3.8) is 0 Å². The maximum Gasteiger partial charge on any atom is 0.247 e. The number of hydrogen-bond donors (Lipinski definition) is 1. The van der Waals surface area contributed by atoms with E-state index in [9.17, 15) is 0 Å². The predicted octanol–water partition coefficient (Wildman–Crippen LogP) is 2.07. The van der Waals surface area contributed by atoms with Crippen molar-refractivity contribution in [2.45, 2.75) is 39.0 Å². The largest absolute Gasteiger partial charge is 0.369 e. The summed E-state index contributed by atoms with van der Waals surface area (Å²) in [7, 11) is 0. The fraction of sp³-hybridized carbons (Fsp3) is 0.750. The van der Waals surface area contributed by atoms with E-state index in [1.54, 1.807) is 6.20 Å². The molecule has 0 amide bonds. The molecule has 2 rings (SSSR count). The van der Waals surface area contributed by atoms with Gasteiger partial charge in [0.2, 0.25) is 5.95 Å². The Morgan fingerprint density at radius 1 is 1.29 bits per heavy atom. The molecule has 0 bridgehead atoms. The Balaban J connectivity index is 1.87. The molecule has 0 atom stereocenters. The number of unbranched alkanes of at least 4 members (excludes halogenated alkanes) is 2. The average molecular weight is 235 g/mol. The lowest BCUT2D eigenvalue weighted by Crippen LogP contribution is -2.21. The Labute approximate surface area is 103 Å². The van der Waals surface area contributed by atoms with E-state index >= 15 is 0 Å². The molecule has 5 heteroatoms. The van der Waals surface area contributed by atoms with Gasteiger partial charge in [0.05, 0.1) is 6.20 Å². The van der Waals surface area contributed by atoms with Crippen molar-refractivity contribution in [3.05, 3.63) is 6.20 Å². The summed E-state index contributed by atoms with van der Waals surface area (Å²) < 4.78 is 0. The van der Waals surface area contributed by atoms with E-state index < -0.39 is 0 Å². The zero-order valence-corrected chi connectivity index (χ0v) is 10.5. The van der Waals surface area contributed by atoms with Crippen molar-refractivity contribution in [1.82, 2.24) is 15.2 Å². The maximum atomic E-state index is 4.49. The van der Waals surface area contributed by atoms with Crippen LogP contribution in [0.5, 0.6) is 0 Å². The minimum Gasteiger partial charge on any atom is -0.369 e. The quantitative estimate of drug-likeness (QED) is 0.765. The van der Waals surface area contributed by atoms with Crippen molar-refractivity contribution in [2.75, 3.05) is 29.9 Å². The van der Waals surface area contributed by atoms with E-state index in [-0.39, 0.29) is 0 Å². The molecule has 2 heterocycles. The van der Waals surface area contributed by atoms with E-state index in [1.807, 2.05) is 0 Å². The average Bonchev–Trinajstić information content (AvgIpc) is 2.89. The Morgan fingerprint density at radius 2 is 2.12 bits per heavy atom. The smallest absolute Gasteiger partial charge is 0.247 e. The Bertz CT molecular complexity index is 335. The molecule has 17 heavy (non-hydrogen) atoms. The van der Waals surface area contributed by atoms with Gasteiger partial charge in [-0.2, -0.15) is 10.1 Å². The van der Waals surface area contributed by atoms with Crippen LogP contribution in [0.15, 0.2) is 6.20 Å². The molecule has 1 aliphatic heterocycles. The third kappa shape index (κ3) is 3.54. The second-order valence-electron chi connectivity index (χ2n) is 4.47. The summed E-state index contributed by atoms with van der Waals surface area (Å²) in [4.78, 5) is 6.69. The Hall–Kier alpha value is -1.39. The van der Waals surface area contributed by atoms with Crippen LogP contribution in [0.4, 0.5) is 11.8 Å². The van der Waals surface area contributed by atoms with E-state index in [4.69, 9.17) is 0 Å². The summed E-state index contributed by atoms with van der Waals surface area (Å²) >= 11 is 0. The third-order valence-electron chi connectivity index (χ3n) is 3.02. The van der Waals surface area contributed by atoms with Crippen molar-refractivity contribution in [2.24, 2.45) is 0 Å². The number of aromatic nitrogens is 3. The lowest BCUT2D eigenvalue weighted by Gasteiger charge is -2.14. The van der Waals surface area contributed by atoms with Crippen LogP contribution in [-0.4, -0.2) is 34.8 Å². The SMILES string of the molecule is CCCCCNc1cnnc(N2CCCC2)n1. The van der Waals surface area contributed by atoms with Crippen LogP contribution >= 0.6 is 0 Å². The monoisotopic (exact) mass is 235 g/mol. The first-order valence-corrected chi connectivity index (χ1v) is 6.58. The first-order chi connectivity index (χ1) is 8.40. The van der Waals surface area contributed by atoms with Gasteiger partial charge in [0.15, 0.2) is 5.82 Å². The molecule has 0 spiro atoms. The molecule has 94 valence electrons. The van der Waals surface area contributed by atoms with Crippen LogP contribution in [0.25, 0.3) is 0 Å². The van der Waals surface area contributed by atoms with Crippen LogP contribution in [0.1, 0.15) is 39.0 Å². The highest BCUT2D eigenvalue weighted by molar-refractivity contribution is 5.39. The normalized spacial score (nSPS) is 15.2. The Morgan fingerprint density at radius 3 is 2.88 bits per heavy atom. The molecule has 1 N–H and O–H groups in total. The zero-order valence-electron chi connectivity index (χ0n) is 10.5. The number of nitrogens with zero attached hydrogens (tertiary/aromatic N) is 4. The van der Waals surface area contributed by atoms with Crippen molar-refractivity contribution in [1.29, 1.82) is 0 Å². The van der Waals surface area contributed by atoms with Crippen LogP contribution in [-0.2, 0) is 0 Å². The highest BCUT2D eigenvalue weighted by Crippen LogP contribution is 2.15. The minimum absolute atomic E-state index is 0.767. The van der Waals surface area contributed by atoms with Gasteiger partial charge in [0, 0.05) is 19.6 Å². The molecular formula is C12H21N5. The molecule has 1 saturated heterocycles. The predicted molar refractivity (Wildman–Crippen MR) is 69.3 cm³/mol. The topological polar surface area (TPSA) is 53.9 Å². The zero-order chi connectivity index (χ0) is 11.9. The third-order valence-corrected chi connectivity index (χ3v) is 3.02. The van der Waals surface area contributed by atoms with Gasteiger partial charge in [-0.25, -0.2) is 0 Å². The fourth-order valence-electron chi connectivity index (χ4n) is 2.02. The van der Waals surface area contributed by atoms with E-state index in [0.717, 1.165) is 31.4 Å². The standard InChI is InChI=1S/C12H21N5/c1-2-3-4-7-13-11-10-14-16-12(15-11)17-8-5-6-9-17/h10H,2-9H2,1H3,(H,13,15,16). The van der Waals surface area contributed by atoms with Crippen molar-refractivity contribution in [3.8, 4) is 0 Å². The lowest BCUT2D eigenvalue weighted by molar-refractivity contribution is 0.740. The fourth-order valence-corrected chi connectivity index (χ4v) is 2.02. The maximum absolute atomic E-state index is 4.49. The minimum atomic E-state index is 0.767. The number of rotatable bonds is 6. The van der Waals surface area contributed by atoms with Crippen LogP contribution in [0, 0.1) is 0 Å². The van der Waals surface area contributed by atoms with Gasteiger partial charge in [-0.3, -0.25) is 0 Å². The Kier molecular flexibility index (Phi) is 4.53. The summed E-state index contributed by atoms with van der Waals surface area (Å²) in [5.41, 5.74) is 0. The van der Waals surface area contributed by atoms with Gasteiger partial charge in [0.1, 0.15) is 0 Å². The molecule has 1 aliphatic rings. The molecule has 0 radical (unpaired) electrons. The van der Waals surface area contributed by atoms with E-state index in [1.165, 1.54) is 32.1 Å². The summed E-state index contributed by atoms with van der Waals surface area (Å²) in [5, 5.41) is 11.4. The van der Waals surface area contributed by atoms with Gasteiger partial charge >= 0.3 is 0 Å². The summed E-state index contributed by atoms with van der Waals surface area (Å²) in [6, 6.07) is 0. The van der Waals surface area contributed by atoms with E-state index in [2.05, 4.69) is 32.3 Å². The summed E-state index contributed by atoms with van der Waals surface area (Å²) in [6.45, 7) is 5.28. The highest BCUT2D eigenvalue weighted by Gasteiger charge is 2.15. The number of hydrogen-bond acceptors (Lipinski definition) is 5. The molecule has 1 aromatic heterocycles. The van der Waals surface area contributed by atoms with Gasteiger partial charge in [-0.1, -0.05) is 19.8 Å². The molecule has 1 fully saturated rings. The van der Waals surface area contributed by atoms with Crippen molar-refractivity contribution < 1.29 is 0 Å².